The van der Waals surface area contributed by atoms with Gasteiger partial charge in [-0.25, -0.2) is 9.78 Å². The number of aromatic nitrogens is 1. The number of morpholine rings is 1. The van der Waals surface area contributed by atoms with Crippen LogP contribution in [0.5, 0.6) is 0 Å². The topological polar surface area (TPSA) is 57.7 Å². The van der Waals surface area contributed by atoms with Gasteiger partial charge in [-0.05, 0) is 25.5 Å². The SMILES string of the molecule is CCC(C)N(C)C(=O)Nc1ccc(N2CCOCC2)nc1. The van der Waals surface area contributed by atoms with E-state index in [9.17, 15) is 4.79 Å². The molecule has 0 saturated carbocycles. The van der Waals surface area contributed by atoms with Gasteiger partial charge in [0.25, 0.3) is 0 Å². The lowest BCUT2D eigenvalue weighted by atomic mass is 10.2. The van der Waals surface area contributed by atoms with Crippen LogP contribution in [0, 0.1) is 0 Å². The molecule has 1 unspecified atom stereocenters. The van der Waals surface area contributed by atoms with Crippen molar-refractivity contribution in [3.63, 3.8) is 0 Å². The van der Waals surface area contributed by atoms with E-state index in [1.807, 2.05) is 19.1 Å². The molecule has 1 fully saturated rings. The Balaban J connectivity index is 1.94. The molecule has 0 radical (unpaired) electrons. The Bertz CT molecular complexity index is 457. The average molecular weight is 292 g/mol. The first-order valence-corrected chi connectivity index (χ1v) is 7.44. The molecule has 116 valence electrons. The first-order chi connectivity index (χ1) is 10.1. The average Bonchev–Trinajstić information content (AvgIpc) is 2.54. The van der Waals surface area contributed by atoms with Crippen molar-refractivity contribution < 1.29 is 9.53 Å². The van der Waals surface area contributed by atoms with E-state index >= 15 is 0 Å². The molecule has 21 heavy (non-hydrogen) atoms. The van der Waals surface area contributed by atoms with Gasteiger partial charge in [-0.3, -0.25) is 0 Å². The highest BCUT2D eigenvalue weighted by Gasteiger charge is 2.15. The molecule has 0 aliphatic carbocycles. The standard InChI is InChI=1S/C15H24N4O2/c1-4-12(2)18(3)15(20)17-13-5-6-14(16-11-13)19-7-9-21-10-8-19/h5-6,11-12H,4,7-10H2,1-3H3,(H,17,20). The number of carbonyl (C=O) groups excluding carboxylic acids is 1. The second-order valence-electron chi connectivity index (χ2n) is 5.30. The van der Waals surface area contributed by atoms with Crippen molar-refractivity contribution in [2.24, 2.45) is 0 Å². The molecule has 1 atom stereocenters. The number of nitrogens with zero attached hydrogens (tertiary/aromatic N) is 3. The molecule has 6 heteroatoms. The third-order valence-corrected chi connectivity index (χ3v) is 3.91. The molecular formula is C15H24N4O2. The maximum Gasteiger partial charge on any atom is 0.321 e. The Kier molecular flexibility index (Phi) is 5.38. The van der Waals surface area contributed by atoms with Crippen LogP contribution < -0.4 is 10.2 Å². The van der Waals surface area contributed by atoms with Gasteiger partial charge in [0.1, 0.15) is 5.82 Å². The Morgan fingerprint density at radius 3 is 2.76 bits per heavy atom. The van der Waals surface area contributed by atoms with Crippen LogP contribution in [-0.2, 0) is 4.74 Å². The van der Waals surface area contributed by atoms with Crippen LogP contribution in [0.25, 0.3) is 0 Å². The summed E-state index contributed by atoms with van der Waals surface area (Å²) in [7, 11) is 1.80. The molecule has 1 aliphatic rings. The summed E-state index contributed by atoms with van der Waals surface area (Å²) in [4.78, 5) is 20.4. The summed E-state index contributed by atoms with van der Waals surface area (Å²) in [6.45, 7) is 7.27. The third kappa shape index (κ3) is 4.07. The van der Waals surface area contributed by atoms with Crippen molar-refractivity contribution in [1.82, 2.24) is 9.88 Å². The van der Waals surface area contributed by atoms with E-state index in [-0.39, 0.29) is 12.1 Å². The highest BCUT2D eigenvalue weighted by atomic mass is 16.5. The number of rotatable bonds is 4. The molecule has 1 N–H and O–H groups in total. The summed E-state index contributed by atoms with van der Waals surface area (Å²) in [5, 5.41) is 2.87. The van der Waals surface area contributed by atoms with Gasteiger partial charge in [0.2, 0.25) is 0 Å². The fourth-order valence-electron chi connectivity index (χ4n) is 2.13. The van der Waals surface area contributed by atoms with Crippen molar-refractivity contribution in [3.8, 4) is 0 Å². The minimum atomic E-state index is -0.106. The molecule has 2 rings (SSSR count). The summed E-state index contributed by atoms with van der Waals surface area (Å²) in [6, 6.07) is 3.93. The first kappa shape index (κ1) is 15.6. The fraction of sp³-hybridized carbons (Fsp3) is 0.600. The van der Waals surface area contributed by atoms with Crippen LogP contribution in [-0.4, -0.2) is 55.3 Å². The normalized spacial score (nSPS) is 16.4. The Labute approximate surface area is 126 Å². The Morgan fingerprint density at radius 1 is 1.48 bits per heavy atom. The third-order valence-electron chi connectivity index (χ3n) is 3.91. The van der Waals surface area contributed by atoms with Crippen LogP contribution in [0.1, 0.15) is 20.3 Å². The van der Waals surface area contributed by atoms with Gasteiger partial charge in [0.05, 0.1) is 25.1 Å². The number of anilines is 2. The van der Waals surface area contributed by atoms with Gasteiger partial charge < -0.3 is 19.9 Å². The lowest BCUT2D eigenvalue weighted by molar-refractivity contribution is 0.122. The van der Waals surface area contributed by atoms with Crippen molar-refractivity contribution in [3.05, 3.63) is 18.3 Å². The van der Waals surface area contributed by atoms with E-state index in [1.165, 1.54) is 0 Å². The molecule has 1 aromatic rings. The van der Waals surface area contributed by atoms with E-state index < -0.39 is 0 Å². The zero-order valence-electron chi connectivity index (χ0n) is 13.0. The van der Waals surface area contributed by atoms with Gasteiger partial charge in [0.15, 0.2) is 0 Å². The summed E-state index contributed by atoms with van der Waals surface area (Å²) >= 11 is 0. The molecule has 0 spiro atoms. The molecule has 6 nitrogen and oxygen atoms in total. The predicted octanol–water partition coefficient (Wildman–Crippen LogP) is 2.18. The quantitative estimate of drug-likeness (QED) is 0.924. The number of carbonyl (C=O) groups is 1. The number of pyridine rings is 1. The summed E-state index contributed by atoms with van der Waals surface area (Å²) in [6.07, 6.45) is 2.63. The van der Waals surface area contributed by atoms with Gasteiger partial charge in [0, 0.05) is 26.2 Å². The van der Waals surface area contributed by atoms with E-state index in [0.717, 1.165) is 38.5 Å². The van der Waals surface area contributed by atoms with E-state index in [4.69, 9.17) is 4.74 Å². The number of hydrogen-bond donors (Lipinski definition) is 1. The molecular weight excluding hydrogens is 268 g/mol. The van der Waals surface area contributed by atoms with E-state index in [2.05, 4.69) is 22.1 Å². The molecule has 0 bridgehead atoms. The Hall–Kier alpha value is -1.82. The largest absolute Gasteiger partial charge is 0.378 e. The first-order valence-electron chi connectivity index (χ1n) is 7.44. The lowest BCUT2D eigenvalue weighted by Crippen LogP contribution is -2.38. The number of ether oxygens (including phenoxy) is 1. The number of urea groups is 1. The zero-order chi connectivity index (χ0) is 15.2. The second-order valence-corrected chi connectivity index (χ2v) is 5.30. The smallest absolute Gasteiger partial charge is 0.321 e. The molecule has 1 saturated heterocycles. The van der Waals surface area contributed by atoms with Gasteiger partial charge in [-0.2, -0.15) is 0 Å². The van der Waals surface area contributed by atoms with Crippen molar-refractivity contribution >= 4 is 17.5 Å². The zero-order valence-corrected chi connectivity index (χ0v) is 13.0. The maximum absolute atomic E-state index is 12.1. The van der Waals surface area contributed by atoms with E-state index in [1.54, 1.807) is 18.1 Å². The predicted molar refractivity (Wildman–Crippen MR) is 83.8 cm³/mol. The van der Waals surface area contributed by atoms with Crippen LogP contribution in [0.4, 0.5) is 16.3 Å². The number of nitrogens with one attached hydrogen (secondary N) is 1. The second kappa shape index (κ2) is 7.26. The minimum absolute atomic E-state index is 0.106. The monoisotopic (exact) mass is 292 g/mol. The fourth-order valence-corrected chi connectivity index (χ4v) is 2.13. The van der Waals surface area contributed by atoms with Crippen molar-refractivity contribution in [2.45, 2.75) is 26.3 Å². The molecule has 1 aliphatic heterocycles. The lowest BCUT2D eigenvalue weighted by Gasteiger charge is -2.28. The van der Waals surface area contributed by atoms with Gasteiger partial charge in [-0.15, -0.1) is 0 Å². The highest BCUT2D eigenvalue weighted by molar-refractivity contribution is 5.89. The molecule has 1 aromatic heterocycles. The number of hydrogen-bond acceptors (Lipinski definition) is 4. The highest BCUT2D eigenvalue weighted by Crippen LogP contribution is 2.16. The van der Waals surface area contributed by atoms with Crippen LogP contribution in [0.3, 0.4) is 0 Å². The number of amides is 2. The molecule has 2 heterocycles. The Morgan fingerprint density at radius 2 is 2.19 bits per heavy atom. The summed E-state index contributed by atoms with van der Waals surface area (Å²) in [5.41, 5.74) is 0.715. The van der Waals surface area contributed by atoms with Crippen LogP contribution in [0.2, 0.25) is 0 Å². The minimum Gasteiger partial charge on any atom is -0.378 e. The maximum atomic E-state index is 12.1. The van der Waals surface area contributed by atoms with E-state index in [0.29, 0.717) is 5.69 Å². The summed E-state index contributed by atoms with van der Waals surface area (Å²) < 4.78 is 5.32. The van der Waals surface area contributed by atoms with Crippen LogP contribution >= 0.6 is 0 Å². The van der Waals surface area contributed by atoms with Crippen molar-refractivity contribution in [1.29, 1.82) is 0 Å². The molecule has 0 aromatic carbocycles. The van der Waals surface area contributed by atoms with Gasteiger partial charge >= 0.3 is 6.03 Å². The van der Waals surface area contributed by atoms with Gasteiger partial charge in [-0.1, -0.05) is 6.92 Å². The molecule has 2 amide bonds. The van der Waals surface area contributed by atoms with Crippen LogP contribution in [0.15, 0.2) is 18.3 Å². The summed E-state index contributed by atoms with van der Waals surface area (Å²) in [5.74, 6) is 0.923. The van der Waals surface area contributed by atoms with Crippen molar-refractivity contribution in [2.75, 3.05) is 43.6 Å².